The minimum atomic E-state index is -0.891. The maximum atomic E-state index is 12.0. The van der Waals surface area contributed by atoms with Crippen molar-refractivity contribution in [1.82, 2.24) is 0 Å². The second kappa shape index (κ2) is 7.42. The molecule has 1 amide bonds. The summed E-state index contributed by atoms with van der Waals surface area (Å²) in [6.45, 7) is 1.61. The molecule has 2 aromatic rings. The number of aliphatic carboxylic acids is 1. The highest BCUT2D eigenvalue weighted by atomic mass is 35.5. The fourth-order valence-electron chi connectivity index (χ4n) is 1.97. The molecule has 2 N–H and O–H groups in total. The van der Waals surface area contributed by atoms with Crippen molar-refractivity contribution in [1.29, 1.82) is 0 Å². The van der Waals surface area contributed by atoms with Crippen molar-refractivity contribution in [3.63, 3.8) is 0 Å². The van der Waals surface area contributed by atoms with Crippen LogP contribution in [0.1, 0.15) is 29.7 Å². The van der Waals surface area contributed by atoms with Crippen molar-refractivity contribution in [3.8, 4) is 0 Å². The Morgan fingerprint density at radius 2 is 2.09 bits per heavy atom. The molecule has 116 valence electrons. The van der Waals surface area contributed by atoms with Gasteiger partial charge in [-0.15, -0.1) is 11.3 Å². The second-order valence-electron chi connectivity index (χ2n) is 4.94. The Hall–Kier alpha value is -1.85. The van der Waals surface area contributed by atoms with Gasteiger partial charge < -0.3 is 10.4 Å². The van der Waals surface area contributed by atoms with Crippen LogP contribution in [-0.4, -0.2) is 17.0 Å². The second-order valence-corrected chi connectivity index (χ2v) is 6.74. The van der Waals surface area contributed by atoms with E-state index in [1.165, 1.54) is 11.3 Å². The number of carboxylic acid groups (broad SMARTS) is 1. The molecule has 0 spiro atoms. The quantitative estimate of drug-likeness (QED) is 0.831. The number of thiophene rings is 1. The van der Waals surface area contributed by atoms with Gasteiger partial charge in [-0.1, -0.05) is 23.7 Å². The molecule has 2 rings (SSSR count). The number of hydrogen-bond donors (Lipinski definition) is 2. The van der Waals surface area contributed by atoms with E-state index >= 15 is 0 Å². The molecule has 0 aliphatic rings. The number of benzene rings is 1. The van der Waals surface area contributed by atoms with Gasteiger partial charge in [0.25, 0.3) is 0 Å². The molecule has 6 heteroatoms. The average molecular weight is 338 g/mol. The van der Waals surface area contributed by atoms with Crippen LogP contribution in [0.4, 0.5) is 5.69 Å². The number of nitrogens with one attached hydrogen (secondary N) is 1. The number of anilines is 1. The third-order valence-electron chi connectivity index (χ3n) is 3.27. The van der Waals surface area contributed by atoms with Crippen LogP contribution >= 0.6 is 22.9 Å². The summed E-state index contributed by atoms with van der Waals surface area (Å²) in [7, 11) is 0. The van der Waals surface area contributed by atoms with Crippen molar-refractivity contribution >= 4 is 40.5 Å². The van der Waals surface area contributed by atoms with Gasteiger partial charge in [-0.05, 0) is 43.2 Å². The van der Waals surface area contributed by atoms with Crippen molar-refractivity contribution in [3.05, 3.63) is 51.2 Å². The van der Waals surface area contributed by atoms with E-state index in [1.807, 2.05) is 12.1 Å². The lowest BCUT2D eigenvalue weighted by atomic mass is 10.0. The summed E-state index contributed by atoms with van der Waals surface area (Å²) in [6, 6.07) is 10.6. The first-order valence-corrected chi connectivity index (χ1v) is 8.02. The number of rotatable bonds is 6. The first kappa shape index (κ1) is 16.5. The third kappa shape index (κ3) is 4.58. The van der Waals surface area contributed by atoms with E-state index in [0.29, 0.717) is 28.4 Å². The Bertz CT molecular complexity index is 684. The van der Waals surface area contributed by atoms with Gasteiger partial charge in [-0.3, -0.25) is 9.59 Å². The van der Waals surface area contributed by atoms with Crippen LogP contribution < -0.4 is 5.32 Å². The number of amides is 1. The molecule has 1 aromatic carbocycles. The van der Waals surface area contributed by atoms with Crippen LogP contribution in [0.25, 0.3) is 0 Å². The standard InChI is InChI=1S/C16H16ClNO3S/c1-10(16(20)21)11-3-2-4-12(9-11)18-15(19)8-6-13-5-7-14(17)22-13/h2-5,7,9-10H,6,8H2,1H3,(H,18,19)(H,20,21). The van der Waals surface area contributed by atoms with Gasteiger partial charge in [0.2, 0.25) is 5.91 Å². The van der Waals surface area contributed by atoms with E-state index in [9.17, 15) is 9.59 Å². The van der Waals surface area contributed by atoms with Crippen molar-refractivity contribution in [2.24, 2.45) is 0 Å². The largest absolute Gasteiger partial charge is 0.481 e. The molecule has 1 aromatic heterocycles. The van der Waals surface area contributed by atoms with Gasteiger partial charge in [0.1, 0.15) is 0 Å². The zero-order valence-electron chi connectivity index (χ0n) is 12.0. The number of halogens is 1. The summed E-state index contributed by atoms with van der Waals surface area (Å²) in [5, 5.41) is 11.8. The number of aryl methyl sites for hydroxylation is 1. The van der Waals surface area contributed by atoms with Crippen molar-refractivity contribution in [2.45, 2.75) is 25.7 Å². The van der Waals surface area contributed by atoms with Crippen LogP contribution in [0.2, 0.25) is 4.34 Å². The van der Waals surface area contributed by atoms with Crippen molar-refractivity contribution < 1.29 is 14.7 Å². The molecule has 0 fully saturated rings. The molecule has 1 heterocycles. The van der Waals surface area contributed by atoms with Crippen LogP contribution in [0.3, 0.4) is 0 Å². The molecule has 1 unspecified atom stereocenters. The van der Waals surface area contributed by atoms with Crippen LogP contribution in [0.15, 0.2) is 36.4 Å². The molecule has 0 aliphatic carbocycles. The summed E-state index contributed by atoms with van der Waals surface area (Å²) >= 11 is 7.31. The lowest BCUT2D eigenvalue weighted by Gasteiger charge is -2.10. The van der Waals surface area contributed by atoms with E-state index in [2.05, 4.69) is 5.32 Å². The summed E-state index contributed by atoms with van der Waals surface area (Å²) in [4.78, 5) is 24.0. The average Bonchev–Trinajstić information content (AvgIpc) is 2.90. The molecule has 0 radical (unpaired) electrons. The van der Waals surface area contributed by atoms with Crippen molar-refractivity contribution in [2.75, 3.05) is 5.32 Å². The number of hydrogen-bond acceptors (Lipinski definition) is 3. The molecular formula is C16H16ClNO3S. The zero-order chi connectivity index (χ0) is 16.1. The van der Waals surface area contributed by atoms with E-state index in [0.717, 1.165) is 4.88 Å². The molecule has 0 aliphatic heterocycles. The topological polar surface area (TPSA) is 66.4 Å². The Kier molecular flexibility index (Phi) is 5.57. The molecule has 0 bridgehead atoms. The molecule has 4 nitrogen and oxygen atoms in total. The zero-order valence-corrected chi connectivity index (χ0v) is 13.6. The SMILES string of the molecule is CC(C(=O)O)c1cccc(NC(=O)CCc2ccc(Cl)s2)c1. The van der Waals surface area contributed by atoms with Crippen LogP contribution in [0, 0.1) is 0 Å². The third-order valence-corrected chi connectivity index (χ3v) is 4.56. The fraction of sp³-hybridized carbons (Fsp3) is 0.250. The van der Waals surface area contributed by atoms with E-state index in [4.69, 9.17) is 16.7 Å². The first-order chi connectivity index (χ1) is 10.5. The molecule has 22 heavy (non-hydrogen) atoms. The monoisotopic (exact) mass is 337 g/mol. The summed E-state index contributed by atoms with van der Waals surface area (Å²) in [5.41, 5.74) is 1.27. The Balaban J connectivity index is 1.93. The van der Waals surface area contributed by atoms with Gasteiger partial charge in [0, 0.05) is 17.0 Å². The predicted molar refractivity (Wildman–Crippen MR) is 88.8 cm³/mol. The summed E-state index contributed by atoms with van der Waals surface area (Å²) in [6.07, 6.45) is 0.990. The lowest BCUT2D eigenvalue weighted by molar-refractivity contribution is -0.138. The highest BCUT2D eigenvalue weighted by molar-refractivity contribution is 7.16. The Morgan fingerprint density at radius 1 is 1.32 bits per heavy atom. The highest BCUT2D eigenvalue weighted by Gasteiger charge is 2.14. The molecule has 1 atom stereocenters. The first-order valence-electron chi connectivity index (χ1n) is 6.82. The Morgan fingerprint density at radius 3 is 2.73 bits per heavy atom. The van der Waals surface area contributed by atoms with Gasteiger partial charge in [-0.25, -0.2) is 0 Å². The number of carboxylic acids is 1. The maximum Gasteiger partial charge on any atom is 0.310 e. The van der Waals surface area contributed by atoms with Gasteiger partial charge in [-0.2, -0.15) is 0 Å². The normalized spacial score (nSPS) is 11.9. The minimum absolute atomic E-state index is 0.107. The minimum Gasteiger partial charge on any atom is -0.481 e. The molecule has 0 saturated carbocycles. The van der Waals surface area contributed by atoms with E-state index in [1.54, 1.807) is 31.2 Å². The van der Waals surface area contributed by atoms with E-state index in [-0.39, 0.29) is 5.91 Å². The van der Waals surface area contributed by atoms with E-state index < -0.39 is 11.9 Å². The Labute approximate surface area is 137 Å². The highest BCUT2D eigenvalue weighted by Crippen LogP contribution is 2.23. The molecular weight excluding hydrogens is 322 g/mol. The molecule has 0 saturated heterocycles. The maximum absolute atomic E-state index is 12.0. The number of carbonyl (C=O) groups excluding carboxylic acids is 1. The van der Waals surface area contributed by atoms with Gasteiger partial charge >= 0.3 is 5.97 Å². The summed E-state index contributed by atoms with van der Waals surface area (Å²) < 4.78 is 0.714. The summed E-state index contributed by atoms with van der Waals surface area (Å²) in [5.74, 6) is -1.60. The fourth-order valence-corrected chi connectivity index (χ4v) is 3.06. The van der Waals surface area contributed by atoms with Gasteiger partial charge in [0.15, 0.2) is 0 Å². The lowest BCUT2D eigenvalue weighted by Crippen LogP contribution is -2.13. The smallest absolute Gasteiger partial charge is 0.310 e. The van der Waals surface area contributed by atoms with Crippen LogP contribution in [0.5, 0.6) is 0 Å². The number of carbonyl (C=O) groups is 2. The predicted octanol–water partition coefficient (Wildman–Crippen LogP) is 4.16. The van der Waals surface area contributed by atoms with Crippen LogP contribution in [-0.2, 0) is 16.0 Å². The van der Waals surface area contributed by atoms with Gasteiger partial charge in [0.05, 0.1) is 10.3 Å².